The van der Waals surface area contributed by atoms with Crippen molar-refractivity contribution in [1.82, 2.24) is 9.80 Å². The summed E-state index contributed by atoms with van der Waals surface area (Å²) in [6.07, 6.45) is 1.53. The molecule has 1 fully saturated rings. The molecule has 10 nitrogen and oxygen atoms in total. The fourth-order valence-electron chi connectivity index (χ4n) is 5.10. The summed E-state index contributed by atoms with van der Waals surface area (Å²) in [4.78, 5) is 47.4. The summed E-state index contributed by atoms with van der Waals surface area (Å²) in [5.41, 5.74) is 2.35. The number of nitrogens with zero attached hydrogens (tertiary/aromatic N) is 3. The zero-order chi connectivity index (χ0) is 28.1. The van der Waals surface area contributed by atoms with Gasteiger partial charge in [-0.3, -0.25) is 9.59 Å². The van der Waals surface area contributed by atoms with Crippen LogP contribution in [0.4, 0.5) is 0 Å². The highest BCUT2D eigenvalue weighted by atomic mass is 32.2. The highest BCUT2D eigenvalue weighted by Crippen LogP contribution is 2.47. The van der Waals surface area contributed by atoms with Gasteiger partial charge in [0.25, 0.3) is 0 Å². The fourth-order valence-corrected chi connectivity index (χ4v) is 6.07. The Morgan fingerprint density at radius 1 is 1.10 bits per heavy atom. The first kappa shape index (κ1) is 28.5. The van der Waals surface area contributed by atoms with Crippen molar-refractivity contribution in [2.24, 2.45) is 10.9 Å². The molecule has 0 spiro atoms. The van der Waals surface area contributed by atoms with E-state index in [4.69, 9.17) is 23.9 Å². The van der Waals surface area contributed by atoms with E-state index in [1.165, 1.54) is 11.8 Å². The number of thioether (sulfide) groups is 1. The van der Waals surface area contributed by atoms with Crippen LogP contribution in [-0.2, 0) is 23.9 Å². The zero-order valence-electron chi connectivity index (χ0n) is 23.0. The standard InChI is InChI=1S/C28H35N3O7S/c1-6-37-26(33)18-9-8-12-30(15-18)23(32)13-19-16-39-28-29-17(3)24(27(34)38-7-2)25(31(19)28)21-11-10-20(35-4)14-22(21)36-5/h10-11,14,16,18,25H,6-9,12-13,15H2,1-5H3/t18-,25-/m1/s1. The molecule has 0 saturated carbocycles. The molecule has 2 atom stereocenters. The molecule has 3 aliphatic heterocycles. The van der Waals surface area contributed by atoms with Gasteiger partial charge in [-0.25, -0.2) is 9.79 Å². The molecule has 0 aromatic heterocycles. The average molecular weight is 558 g/mol. The van der Waals surface area contributed by atoms with Crippen molar-refractivity contribution in [3.8, 4) is 11.5 Å². The smallest absolute Gasteiger partial charge is 0.338 e. The molecule has 0 radical (unpaired) electrons. The van der Waals surface area contributed by atoms with Gasteiger partial charge in [0.15, 0.2) is 5.17 Å². The Kier molecular flexibility index (Phi) is 9.21. The van der Waals surface area contributed by atoms with Crippen molar-refractivity contribution in [2.45, 2.75) is 46.1 Å². The van der Waals surface area contributed by atoms with E-state index >= 15 is 0 Å². The normalized spacial score (nSPS) is 20.6. The Hall–Kier alpha value is -3.47. The van der Waals surface area contributed by atoms with E-state index in [2.05, 4.69) is 0 Å². The predicted octanol–water partition coefficient (Wildman–Crippen LogP) is 4.03. The van der Waals surface area contributed by atoms with Gasteiger partial charge in [0.1, 0.15) is 11.5 Å². The Labute approximate surface area is 233 Å². The van der Waals surface area contributed by atoms with E-state index in [-0.39, 0.29) is 30.8 Å². The van der Waals surface area contributed by atoms with Gasteiger partial charge in [-0.2, -0.15) is 0 Å². The number of benzene rings is 1. The highest BCUT2D eigenvalue weighted by molar-refractivity contribution is 8.16. The first-order valence-corrected chi connectivity index (χ1v) is 14.0. The van der Waals surface area contributed by atoms with Crippen LogP contribution in [0.3, 0.4) is 0 Å². The SMILES string of the molecule is CCOC(=O)C1=C(C)N=C2SC=C(CC(=O)N3CCC[C@@H](C(=O)OCC)C3)N2[C@@H]1c1ccc(OC)cc1OC. The number of likely N-dealkylation sites (tertiary alicyclic amines) is 1. The number of allylic oxidation sites excluding steroid dienone is 1. The molecule has 1 aromatic carbocycles. The van der Waals surface area contributed by atoms with E-state index in [1.54, 1.807) is 46.0 Å². The van der Waals surface area contributed by atoms with Gasteiger partial charge >= 0.3 is 11.9 Å². The summed E-state index contributed by atoms with van der Waals surface area (Å²) >= 11 is 1.40. The Morgan fingerprint density at radius 3 is 2.56 bits per heavy atom. The minimum atomic E-state index is -0.625. The van der Waals surface area contributed by atoms with Crippen molar-refractivity contribution in [2.75, 3.05) is 40.5 Å². The number of hydrogen-bond acceptors (Lipinski definition) is 10. The van der Waals surface area contributed by atoms with Gasteiger partial charge in [0, 0.05) is 30.4 Å². The van der Waals surface area contributed by atoms with E-state index in [9.17, 15) is 14.4 Å². The molecular weight excluding hydrogens is 522 g/mol. The molecule has 39 heavy (non-hydrogen) atoms. The monoisotopic (exact) mass is 557 g/mol. The second-order valence-electron chi connectivity index (χ2n) is 9.33. The largest absolute Gasteiger partial charge is 0.497 e. The van der Waals surface area contributed by atoms with E-state index in [0.29, 0.717) is 65.3 Å². The molecule has 0 unspecified atom stereocenters. The van der Waals surface area contributed by atoms with Crippen LogP contribution in [0.15, 0.2) is 45.6 Å². The highest BCUT2D eigenvalue weighted by Gasteiger charge is 2.43. The molecule has 3 heterocycles. The van der Waals surface area contributed by atoms with Gasteiger partial charge in [-0.15, -0.1) is 0 Å². The molecule has 1 aromatic rings. The van der Waals surface area contributed by atoms with E-state index < -0.39 is 12.0 Å². The molecule has 3 aliphatic rings. The summed E-state index contributed by atoms with van der Waals surface area (Å²) in [6.45, 7) is 6.77. The number of rotatable bonds is 9. The lowest BCUT2D eigenvalue weighted by Crippen LogP contribution is -2.44. The number of aliphatic imine (C=N–C) groups is 1. The Bertz CT molecular complexity index is 1230. The zero-order valence-corrected chi connectivity index (χ0v) is 23.8. The summed E-state index contributed by atoms with van der Waals surface area (Å²) in [5, 5.41) is 2.56. The fraction of sp³-hybridized carbons (Fsp3) is 0.500. The second-order valence-corrected chi connectivity index (χ2v) is 10.2. The lowest BCUT2D eigenvalue weighted by molar-refractivity contribution is -0.151. The first-order chi connectivity index (χ1) is 18.8. The van der Waals surface area contributed by atoms with Gasteiger partial charge in [0.2, 0.25) is 5.91 Å². The lowest BCUT2D eigenvalue weighted by Gasteiger charge is -2.37. The van der Waals surface area contributed by atoms with Crippen molar-refractivity contribution in [3.05, 3.63) is 46.1 Å². The number of ether oxygens (including phenoxy) is 4. The third-order valence-corrected chi connectivity index (χ3v) is 7.85. The third kappa shape index (κ3) is 5.93. The third-order valence-electron chi connectivity index (χ3n) is 6.96. The van der Waals surface area contributed by atoms with Crippen molar-refractivity contribution < 1.29 is 33.3 Å². The maximum Gasteiger partial charge on any atom is 0.338 e. The number of carbonyl (C=O) groups is 3. The molecule has 11 heteroatoms. The summed E-state index contributed by atoms with van der Waals surface area (Å²) in [7, 11) is 3.14. The van der Waals surface area contributed by atoms with Crippen molar-refractivity contribution >= 4 is 34.8 Å². The number of fused-ring (bicyclic) bond motifs is 1. The Morgan fingerprint density at radius 2 is 1.87 bits per heavy atom. The van der Waals surface area contributed by atoms with Crippen LogP contribution in [-0.4, -0.2) is 73.3 Å². The minimum Gasteiger partial charge on any atom is -0.497 e. The summed E-state index contributed by atoms with van der Waals surface area (Å²) in [6, 6.07) is 4.80. The molecule has 210 valence electrons. The van der Waals surface area contributed by atoms with Gasteiger partial charge in [-0.1, -0.05) is 11.8 Å². The van der Waals surface area contributed by atoms with Crippen LogP contribution in [0.5, 0.6) is 11.5 Å². The quantitative estimate of drug-likeness (QED) is 0.416. The van der Waals surface area contributed by atoms with Gasteiger partial charge < -0.3 is 28.7 Å². The Balaban J connectivity index is 1.66. The van der Waals surface area contributed by atoms with Crippen LogP contribution < -0.4 is 9.47 Å². The van der Waals surface area contributed by atoms with Crippen LogP contribution in [0.1, 0.15) is 51.6 Å². The van der Waals surface area contributed by atoms with Crippen LogP contribution in [0, 0.1) is 5.92 Å². The molecule has 1 amide bonds. The molecule has 0 bridgehead atoms. The summed E-state index contributed by atoms with van der Waals surface area (Å²) in [5.74, 6) is -0.00716. The summed E-state index contributed by atoms with van der Waals surface area (Å²) < 4.78 is 21.7. The number of carbonyl (C=O) groups excluding carboxylic acids is 3. The average Bonchev–Trinajstić information content (AvgIpc) is 3.33. The van der Waals surface area contributed by atoms with Crippen LogP contribution in [0.2, 0.25) is 0 Å². The molecule has 0 N–H and O–H groups in total. The molecule has 1 saturated heterocycles. The number of amidine groups is 1. The molecule has 0 aliphatic carbocycles. The molecular formula is C28H35N3O7S. The number of amides is 1. The maximum absolute atomic E-state index is 13.5. The van der Waals surface area contributed by atoms with Crippen LogP contribution in [0.25, 0.3) is 0 Å². The number of hydrogen-bond donors (Lipinski definition) is 0. The van der Waals surface area contributed by atoms with Crippen molar-refractivity contribution in [3.63, 3.8) is 0 Å². The maximum atomic E-state index is 13.5. The van der Waals surface area contributed by atoms with Gasteiger partial charge in [-0.05, 0) is 51.2 Å². The van der Waals surface area contributed by atoms with Crippen LogP contribution >= 0.6 is 11.8 Å². The van der Waals surface area contributed by atoms with Crippen molar-refractivity contribution in [1.29, 1.82) is 0 Å². The topological polar surface area (TPSA) is 107 Å². The molecule has 4 rings (SSSR count). The number of piperidine rings is 1. The lowest BCUT2D eigenvalue weighted by atomic mass is 9.92. The number of methoxy groups -OCH3 is 2. The predicted molar refractivity (Wildman–Crippen MR) is 147 cm³/mol. The number of esters is 2. The first-order valence-electron chi connectivity index (χ1n) is 13.1. The van der Waals surface area contributed by atoms with E-state index in [0.717, 1.165) is 6.42 Å². The van der Waals surface area contributed by atoms with E-state index in [1.807, 2.05) is 22.4 Å². The van der Waals surface area contributed by atoms with Gasteiger partial charge in [0.05, 0.1) is 57.1 Å². The minimum absolute atomic E-state index is 0.0890. The second kappa shape index (κ2) is 12.6.